The first-order valence-corrected chi connectivity index (χ1v) is 4.92. The van der Waals surface area contributed by atoms with E-state index >= 15 is 0 Å². The third-order valence-corrected chi connectivity index (χ3v) is 3.08. The van der Waals surface area contributed by atoms with Gasteiger partial charge in [0.05, 0.1) is 9.50 Å². The van der Waals surface area contributed by atoms with Crippen molar-refractivity contribution in [3.63, 3.8) is 0 Å². The topological polar surface area (TPSA) is 0 Å². The summed E-state index contributed by atoms with van der Waals surface area (Å²) in [6, 6.07) is 1.60. The molecule has 0 N–H and O–H groups in total. The van der Waals surface area contributed by atoms with E-state index in [-0.39, 0.29) is 5.02 Å². The van der Waals surface area contributed by atoms with E-state index in [0.29, 0.717) is 4.47 Å². The zero-order valence-electron chi connectivity index (χ0n) is 7.42. The van der Waals surface area contributed by atoms with Crippen LogP contribution in [0.2, 0.25) is 5.02 Å². The highest BCUT2D eigenvalue weighted by atomic mass is 79.9. The number of halogens is 3. The van der Waals surface area contributed by atoms with Crippen LogP contribution in [0.3, 0.4) is 0 Å². The quantitative estimate of drug-likeness (QED) is 0.651. The van der Waals surface area contributed by atoms with E-state index in [2.05, 4.69) is 22.5 Å². The molecule has 0 atom stereocenters. The van der Waals surface area contributed by atoms with Gasteiger partial charge in [0.25, 0.3) is 0 Å². The van der Waals surface area contributed by atoms with Crippen LogP contribution in [0.4, 0.5) is 4.39 Å². The Balaban J connectivity index is 3.50. The molecule has 0 amide bonds. The minimum atomic E-state index is -0.413. The largest absolute Gasteiger partial charge is 0.204 e. The molecule has 0 aliphatic rings. The summed E-state index contributed by atoms with van der Waals surface area (Å²) >= 11 is 8.84. The molecule has 0 nitrogen and oxygen atoms in total. The van der Waals surface area contributed by atoms with Gasteiger partial charge in [-0.1, -0.05) is 23.8 Å². The number of benzene rings is 1. The molecule has 0 aliphatic carbocycles. The Labute approximate surface area is 90.5 Å². The predicted octanol–water partition coefficient (Wildman–Crippen LogP) is 4.58. The second-order valence-corrected chi connectivity index (χ2v) is 4.14. The number of hydrogen-bond donors (Lipinski definition) is 0. The van der Waals surface area contributed by atoms with Gasteiger partial charge in [0.15, 0.2) is 5.82 Å². The average molecular weight is 264 g/mol. The molecule has 0 saturated carbocycles. The zero-order valence-corrected chi connectivity index (χ0v) is 9.76. The fraction of sp³-hybridized carbons (Fsp3) is 0.200. The van der Waals surface area contributed by atoms with E-state index in [9.17, 15) is 4.39 Å². The molecule has 0 heterocycles. The molecule has 13 heavy (non-hydrogen) atoms. The van der Waals surface area contributed by atoms with Crippen molar-refractivity contribution in [2.75, 3.05) is 0 Å². The third-order valence-electron chi connectivity index (χ3n) is 1.87. The molecule has 0 radical (unpaired) electrons. The lowest BCUT2D eigenvalue weighted by Gasteiger charge is -2.09. The summed E-state index contributed by atoms with van der Waals surface area (Å²) in [4.78, 5) is 0. The van der Waals surface area contributed by atoms with Crippen molar-refractivity contribution in [3.05, 3.63) is 39.1 Å². The Kier molecular flexibility index (Phi) is 3.14. The first kappa shape index (κ1) is 10.7. The van der Waals surface area contributed by atoms with Crippen LogP contribution < -0.4 is 0 Å². The maximum atomic E-state index is 13.2. The van der Waals surface area contributed by atoms with Crippen molar-refractivity contribution in [1.29, 1.82) is 0 Å². The van der Waals surface area contributed by atoms with Crippen LogP contribution in [0.15, 0.2) is 17.1 Å². The Morgan fingerprint density at radius 1 is 1.62 bits per heavy atom. The molecule has 0 fully saturated rings. The van der Waals surface area contributed by atoms with Crippen LogP contribution in [0.25, 0.3) is 5.57 Å². The van der Waals surface area contributed by atoms with E-state index in [4.69, 9.17) is 11.6 Å². The predicted molar refractivity (Wildman–Crippen MR) is 58.6 cm³/mol. The smallest absolute Gasteiger partial charge is 0.156 e. The van der Waals surface area contributed by atoms with Crippen molar-refractivity contribution in [1.82, 2.24) is 0 Å². The van der Waals surface area contributed by atoms with Crippen LogP contribution in [0.5, 0.6) is 0 Å². The van der Waals surface area contributed by atoms with Gasteiger partial charge in [-0.3, -0.25) is 0 Å². The Morgan fingerprint density at radius 3 is 2.62 bits per heavy atom. The van der Waals surface area contributed by atoms with Gasteiger partial charge in [-0.15, -0.1) is 0 Å². The van der Waals surface area contributed by atoms with E-state index in [1.165, 1.54) is 0 Å². The Morgan fingerprint density at radius 2 is 2.15 bits per heavy atom. The summed E-state index contributed by atoms with van der Waals surface area (Å²) in [6.07, 6.45) is 0. The molecule has 70 valence electrons. The third kappa shape index (κ3) is 1.94. The molecule has 0 bridgehead atoms. The maximum Gasteiger partial charge on any atom is 0.156 e. The van der Waals surface area contributed by atoms with E-state index in [1.807, 2.05) is 13.8 Å². The molecule has 0 saturated heterocycles. The van der Waals surface area contributed by atoms with Gasteiger partial charge in [0.2, 0.25) is 0 Å². The minimum absolute atomic E-state index is 0.121. The lowest BCUT2D eigenvalue weighted by atomic mass is 10.0. The number of allylic oxidation sites excluding steroid dienone is 1. The summed E-state index contributed by atoms with van der Waals surface area (Å²) in [7, 11) is 0. The van der Waals surface area contributed by atoms with Crippen molar-refractivity contribution in [2.45, 2.75) is 13.8 Å². The summed E-state index contributed by atoms with van der Waals surface area (Å²) in [5.41, 5.74) is 2.59. The normalized spacial score (nSPS) is 10.2. The van der Waals surface area contributed by atoms with Gasteiger partial charge in [0, 0.05) is 0 Å². The molecule has 1 aromatic carbocycles. The molecule has 1 aromatic rings. The second-order valence-electron chi connectivity index (χ2n) is 2.94. The van der Waals surface area contributed by atoms with Crippen molar-refractivity contribution in [3.8, 4) is 0 Å². The van der Waals surface area contributed by atoms with Gasteiger partial charge >= 0.3 is 0 Å². The molecular formula is C10H9BrClF. The van der Waals surface area contributed by atoms with E-state index in [1.54, 1.807) is 6.07 Å². The monoisotopic (exact) mass is 262 g/mol. The van der Waals surface area contributed by atoms with Gasteiger partial charge in [0.1, 0.15) is 0 Å². The van der Waals surface area contributed by atoms with Crippen molar-refractivity contribution >= 4 is 33.1 Å². The number of rotatable bonds is 1. The summed E-state index contributed by atoms with van der Waals surface area (Å²) in [5, 5.41) is 0.121. The molecule has 3 heteroatoms. The molecule has 0 aromatic heterocycles. The molecule has 0 unspecified atom stereocenters. The van der Waals surface area contributed by atoms with Crippen LogP contribution in [0.1, 0.15) is 18.1 Å². The minimum Gasteiger partial charge on any atom is -0.204 e. The maximum absolute atomic E-state index is 13.2. The SMILES string of the molecule is C=C(C)c1cc(Cl)c(F)c(Br)c1C. The fourth-order valence-electron chi connectivity index (χ4n) is 1.13. The highest BCUT2D eigenvalue weighted by Crippen LogP contribution is 2.32. The Bertz CT molecular complexity index is 372. The molecule has 0 spiro atoms. The van der Waals surface area contributed by atoms with E-state index < -0.39 is 5.82 Å². The van der Waals surface area contributed by atoms with Gasteiger partial charge in [-0.05, 0) is 47.0 Å². The van der Waals surface area contributed by atoms with Crippen LogP contribution in [-0.2, 0) is 0 Å². The number of hydrogen-bond acceptors (Lipinski definition) is 0. The molecular weight excluding hydrogens is 254 g/mol. The highest BCUT2D eigenvalue weighted by molar-refractivity contribution is 9.10. The van der Waals surface area contributed by atoms with Gasteiger partial charge < -0.3 is 0 Å². The van der Waals surface area contributed by atoms with Crippen molar-refractivity contribution in [2.24, 2.45) is 0 Å². The van der Waals surface area contributed by atoms with Crippen LogP contribution >= 0.6 is 27.5 Å². The van der Waals surface area contributed by atoms with Crippen LogP contribution in [-0.4, -0.2) is 0 Å². The van der Waals surface area contributed by atoms with Gasteiger partial charge in [-0.2, -0.15) is 0 Å². The summed E-state index contributed by atoms with van der Waals surface area (Å²) in [6.45, 7) is 7.49. The van der Waals surface area contributed by atoms with Gasteiger partial charge in [-0.25, -0.2) is 4.39 Å². The second kappa shape index (κ2) is 3.81. The zero-order chi connectivity index (χ0) is 10.2. The first-order chi connectivity index (χ1) is 5.95. The lowest BCUT2D eigenvalue weighted by Crippen LogP contribution is -1.91. The van der Waals surface area contributed by atoms with Crippen LogP contribution in [0, 0.1) is 12.7 Å². The lowest BCUT2D eigenvalue weighted by molar-refractivity contribution is 0.620. The fourth-order valence-corrected chi connectivity index (χ4v) is 1.87. The van der Waals surface area contributed by atoms with E-state index in [0.717, 1.165) is 16.7 Å². The standard InChI is InChI=1S/C10H9BrClF/c1-5(2)7-4-8(12)10(13)9(11)6(7)3/h4H,1H2,2-3H3. The summed E-state index contributed by atoms with van der Waals surface area (Å²) < 4.78 is 13.6. The Hall–Kier alpha value is -0.340. The highest BCUT2D eigenvalue weighted by Gasteiger charge is 2.12. The molecule has 1 rings (SSSR count). The first-order valence-electron chi connectivity index (χ1n) is 3.75. The van der Waals surface area contributed by atoms with Crippen molar-refractivity contribution < 1.29 is 4.39 Å². The summed E-state index contributed by atoms with van der Waals surface area (Å²) in [5.74, 6) is -0.413. The molecule has 0 aliphatic heterocycles. The average Bonchev–Trinajstić information content (AvgIpc) is 2.07.